The lowest BCUT2D eigenvalue weighted by Crippen LogP contribution is -2.42. The Labute approximate surface area is 103 Å². The first-order valence-corrected chi connectivity index (χ1v) is 10.6. The van der Waals surface area contributed by atoms with Gasteiger partial charge < -0.3 is 13.3 Å². The molecule has 86 valence electrons. The van der Waals surface area contributed by atoms with Crippen LogP contribution in [0.3, 0.4) is 0 Å². The molecule has 0 aliphatic rings. The van der Waals surface area contributed by atoms with Crippen LogP contribution in [0.1, 0.15) is 6.42 Å². The Hall–Kier alpha value is 1.50. The minimum Gasteiger partial charge on any atom is -0.377 e. The SMILES string of the molecule is CO[Si](CCCSSSS)(OC)OC. The predicted octanol–water partition coefficient (Wildman–Crippen LogP) is 3.13. The molecule has 0 heterocycles. The van der Waals surface area contributed by atoms with Gasteiger partial charge in [-0.2, -0.15) is 0 Å². The molecular weight excluding hydrogens is 276 g/mol. The summed E-state index contributed by atoms with van der Waals surface area (Å²) in [6, 6.07) is 0.862. The van der Waals surface area contributed by atoms with Crippen LogP contribution >= 0.6 is 42.1 Å². The lowest BCUT2D eigenvalue weighted by Gasteiger charge is -2.23. The van der Waals surface area contributed by atoms with E-state index in [2.05, 4.69) is 11.7 Å². The first kappa shape index (κ1) is 15.5. The minimum absolute atomic E-state index is 0.862. The molecule has 0 aromatic rings. The molecule has 0 unspecified atom stereocenters. The van der Waals surface area contributed by atoms with Gasteiger partial charge in [-0.05, 0) is 26.1 Å². The Bertz CT molecular complexity index is 128. The molecule has 0 rings (SSSR count). The molecule has 0 saturated carbocycles. The zero-order valence-corrected chi connectivity index (χ0v) is 12.9. The van der Waals surface area contributed by atoms with E-state index in [-0.39, 0.29) is 0 Å². The van der Waals surface area contributed by atoms with Crippen molar-refractivity contribution in [1.82, 2.24) is 0 Å². The van der Waals surface area contributed by atoms with E-state index in [0.29, 0.717) is 0 Å². The van der Waals surface area contributed by atoms with Gasteiger partial charge in [-0.25, -0.2) is 0 Å². The molecule has 0 atom stereocenters. The Balaban J connectivity index is 3.61. The molecule has 0 fully saturated rings. The van der Waals surface area contributed by atoms with Gasteiger partial charge in [0.2, 0.25) is 0 Å². The number of hydrogen-bond acceptors (Lipinski definition) is 7. The summed E-state index contributed by atoms with van der Waals surface area (Å²) in [5.41, 5.74) is 0. The van der Waals surface area contributed by atoms with Gasteiger partial charge in [-0.1, -0.05) is 22.5 Å². The summed E-state index contributed by atoms with van der Waals surface area (Å²) in [6.45, 7) is 0. The zero-order chi connectivity index (χ0) is 10.9. The topological polar surface area (TPSA) is 27.7 Å². The average molecular weight is 293 g/mol. The van der Waals surface area contributed by atoms with Crippen LogP contribution in [-0.4, -0.2) is 35.9 Å². The summed E-state index contributed by atoms with van der Waals surface area (Å²) >= 11 is 4.03. The molecule has 8 heteroatoms. The molecule has 14 heavy (non-hydrogen) atoms. The van der Waals surface area contributed by atoms with E-state index in [9.17, 15) is 0 Å². The maximum absolute atomic E-state index is 5.30. The second kappa shape index (κ2) is 9.70. The van der Waals surface area contributed by atoms with E-state index >= 15 is 0 Å². The van der Waals surface area contributed by atoms with Crippen molar-refractivity contribution in [3.05, 3.63) is 0 Å². The lowest BCUT2D eigenvalue weighted by molar-refractivity contribution is 0.123. The van der Waals surface area contributed by atoms with Crippen LogP contribution in [0.4, 0.5) is 0 Å². The molecule has 0 N–H and O–H groups in total. The first-order chi connectivity index (χ1) is 6.74. The zero-order valence-electron chi connectivity index (χ0n) is 8.52. The fourth-order valence-electron chi connectivity index (χ4n) is 0.959. The fourth-order valence-corrected chi connectivity index (χ4v) is 6.16. The third kappa shape index (κ3) is 6.16. The molecule has 0 aromatic carbocycles. The van der Waals surface area contributed by atoms with Crippen LogP contribution in [0, 0.1) is 0 Å². The van der Waals surface area contributed by atoms with Crippen LogP contribution in [0.5, 0.6) is 0 Å². The third-order valence-corrected chi connectivity index (χ3v) is 9.19. The van der Waals surface area contributed by atoms with E-state index in [4.69, 9.17) is 13.3 Å². The van der Waals surface area contributed by atoms with E-state index in [1.165, 1.54) is 9.83 Å². The first-order valence-electron chi connectivity index (χ1n) is 4.00. The summed E-state index contributed by atoms with van der Waals surface area (Å²) in [7, 11) is 7.53. The molecule has 0 aromatic heterocycles. The number of thiol groups is 1. The molecule has 0 aliphatic heterocycles. The molecule has 0 bridgehead atoms. The number of rotatable bonds is 9. The van der Waals surface area contributed by atoms with E-state index < -0.39 is 8.80 Å². The van der Waals surface area contributed by atoms with Crippen molar-refractivity contribution >= 4 is 50.9 Å². The van der Waals surface area contributed by atoms with Gasteiger partial charge in [0.05, 0.1) is 0 Å². The van der Waals surface area contributed by atoms with Crippen LogP contribution in [0.2, 0.25) is 6.04 Å². The lowest BCUT2D eigenvalue weighted by atomic mass is 10.6. The highest BCUT2D eigenvalue weighted by atomic mass is 33.7. The third-order valence-electron chi connectivity index (χ3n) is 1.72. The maximum atomic E-state index is 5.30. The molecule has 0 radical (unpaired) electrons. The Kier molecular flexibility index (Phi) is 10.7. The average Bonchev–Trinajstić information content (AvgIpc) is 2.24. The van der Waals surface area contributed by atoms with Crippen molar-refractivity contribution in [3.63, 3.8) is 0 Å². The van der Waals surface area contributed by atoms with Crippen molar-refractivity contribution in [2.75, 3.05) is 27.1 Å². The van der Waals surface area contributed by atoms with Gasteiger partial charge >= 0.3 is 8.80 Å². The molecule has 0 spiro atoms. The maximum Gasteiger partial charge on any atom is 0.500 e. The monoisotopic (exact) mass is 292 g/mol. The Morgan fingerprint density at radius 2 is 1.71 bits per heavy atom. The highest BCUT2D eigenvalue weighted by Crippen LogP contribution is 2.37. The van der Waals surface area contributed by atoms with Crippen molar-refractivity contribution < 1.29 is 13.3 Å². The van der Waals surface area contributed by atoms with Crippen molar-refractivity contribution in [1.29, 1.82) is 0 Å². The molecule has 0 amide bonds. The van der Waals surface area contributed by atoms with E-state index in [1.807, 2.05) is 0 Å². The van der Waals surface area contributed by atoms with Gasteiger partial charge in [0.15, 0.2) is 0 Å². The molecular formula is C6H16O3S4Si. The van der Waals surface area contributed by atoms with Crippen molar-refractivity contribution in [3.8, 4) is 0 Å². The standard InChI is InChI=1S/C6H16O3S4Si/c1-7-14(8-2,9-3)6-4-5-11-13-12-10/h10H,4-6H2,1-3H3. The molecule has 0 aliphatic carbocycles. The normalized spacial score (nSPS) is 12.0. The highest BCUT2D eigenvalue weighted by Gasteiger charge is 2.36. The largest absolute Gasteiger partial charge is 0.500 e. The van der Waals surface area contributed by atoms with Crippen molar-refractivity contribution in [2.24, 2.45) is 0 Å². The van der Waals surface area contributed by atoms with E-state index in [0.717, 1.165) is 18.2 Å². The molecule has 0 saturated heterocycles. The Morgan fingerprint density at radius 3 is 2.14 bits per heavy atom. The summed E-state index contributed by atoms with van der Waals surface area (Å²) in [4.78, 5) is 0. The fraction of sp³-hybridized carbons (Fsp3) is 1.00. The number of hydrogen-bond donors (Lipinski definition) is 1. The van der Waals surface area contributed by atoms with Crippen LogP contribution in [0.15, 0.2) is 0 Å². The van der Waals surface area contributed by atoms with Crippen LogP contribution < -0.4 is 0 Å². The highest BCUT2D eigenvalue weighted by molar-refractivity contribution is 9.23. The summed E-state index contributed by atoms with van der Waals surface area (Å²) < 4.78 is 15.9. The predicted molar refractivity (Wildman–Crippen MR) is 72.8 cm³/mol. The van der Waals surface area contributed by atoms with E-state index in [1.54, 1.807) is 41.9 Å². The van der Waals surface area contributed by atoms with Gasteiger partial charge in [0, 0.05) is 33.1 Å². The van der Waals surface area contributed by atoms with Gasteiger partial charge in [-0.3, -0.25) is 0 Å². The second-order valence-corrected chi connectivity index (χ2v) is 10.5. The van der Waals surface area contributed by atoms with Gasteiger partial charge in [0.1, 0.15) is 0 Å². The van der Waals surface area contributed by atoms with Gasteiger partial charge in [0.25, 0.3) is 0 Å². The van der Waals surface area contributed by atoms with Crippen LogP contribution in [0.25, 0.3) is 0 Å². The Morgan fingerprint density at radius 1 is 1.14 bits per heavy atom. The minimum atomic E-state index is -2.33. The smallest absolute Gasteiger partial charge is 0.377 e. The van der Waals surface area contributed by atoms with Crippen LogP contribution in [-0.2, 0) is 13.3 Å². The summed E-state index contributed by atoms with van der Waals surface area (Å²) in [5, 5.41) is 0. The van der Waals surface area contributed by atoms with Crippen molar-refractivity contribution in [2.45, 2.75) is 12.5 Å². The quantitative estimate of drug-likeness (QED) is 0.304. The van der Waals surface area contributed by atoms with Gasteiger partial charge in [-0.15, -0.1) is 0 Å². The second-order valence-electron chi connectivity index (χ2n) is 2.36. The summed E-state index contributed by atoms with van der Waals surface area (Å²) in [5.74, 6) is 1.06. The summed E-state index contributed by atoms with van der Waals surface area (Å²) in [6.07, 6.45) is 1.04. The molecule has 3 nitrogen and oxygen atoms in total.